The van der Waals surface area contributed by atoms with E-state index in [4.69, 9.17) is 0 Å². The summed E-state index contributed by atoms with van der Waals surface area (Å²) in [5.74, 6) is 0. The van der Waals surface area contributed by atoms with Crippen molar-refractivity contribution in [1.29, 1.82) is 0 Å². The number of nitrogens with one attached hydrogen (secondary N) is 1. The molecule has 0 aliphatic heterocycles. The van der Waals surface area contributed by atoms with Crippen LogP contribution in [0, 0.1) is 0 Å². The van der Waals surface area contributed by atoms with Gasteiger partial charge in [-0.05, 0) is 60.7 Å². The van der Waals surface area contributed by atoms with Crippen LogP contribution in [0.25, 0.3) is 30.9 Å². The summed E-state index contributed by atoms with van der Waals surface area (Å²) in [6.45, 7) is 0. The molecule has 7 rings (SSSR count). The highest BCUT2D eigenvalue weighted by atomic mass is 32.1. The predicted octanol–water partition coefficient (Wildman–Crippen LogP) is 10.4. The summed E-state index contributed by atoms with van der Waals surface area (Å²) in [6.07, 6.45) is 0. The molecule has 7 aromatic rings. The fourth-order valence-corrected chi connectivity index (χ4v) is 6.31. The van der Waals surface area contributed by atoms with E-state index >= 15 is 0 Å². The van der Waals surface area contributed by atoms with Crippen molar-refractivity contribution < 1.29 is 0 Å². The summed E-state index contributed by atoms with van der Waals surface area (Å²) in [6, 6.07) is 49.5. The molecular weight excluding hydrogens is 468 g/mol. The maximum Gasteiger partial charge on any atom is 0.0547 e. The Bertz CT molecular complexity index is 1800. The molecule has 0 unspecified atom stereocenters. The van der Waals surface area contributed by atoms with Crippen molar-refractivity contribution in [2.75, 3.05) is 10.2 Å². The summed E-state index contributed by atoms with van der Waals surface area (Å²) in [5, 5.41) is 8.65. The maximum absolute atomic E-state index is 3.57. The summed E-state index contributed by atoms with van der Waals surface area (Å²) >= 11 is 1.87. The first-order valence-corrected chi connectivity index (χ1v) is 13.3. The molecule has 0 aliphatic rings. The van der Waals surface area contributed by atoms with E-state index < -0.39 is 0 Å². The Hall–Kier alpha value is -4.60. The second kappa shape index (κ2) is 9.12. The first-order chi connectivity index (χ1) is 18.3. The van der Waals surface area contributed by atoms with Crippen LogP contribution >= 0.6 is 11.3 Å². The highest BCUT2D eigenvalue weighted by Gasteiger charge is 2.19. The molecule has 1 aromatic heterocycles. The third-order valence-corrected chi connectivity index (χ3v) is 8.01. The standard InChI is InChI=1S/C34H24N2S/c1-4-12-24(13-5-1)35-25-20-21-33-30(22-25)31-23-32(28-18-10-11-19-29(28)34(31)37-33)36(26-14-6-2-7-15-26)27-16-8-3-9-17-27/h1-23,35H. The Morgan fingerprint density at radius 2 is 1.05 bits per heavy atom. The zero-order valence-corrected chi connectivity index (χ0v) is 21.0. The molecule has 6 aromatic carbocycles. The van der Waals surface area contributed by atoms with E-state index in [2.05, 4.69) is 144 Å². The molecule has 1 N–H and O–H groups in total. The van der Waals surface area contributed by atoms with E-state index in [0.29, 0.717) is 0 Å². The third kappa shape index (κ3) is 3.90. The van der Waals surface area contributed by atoms with E-state index in [9.17, 15) is 0 Å². The van der Waals surface area contributed by atoms with Crippen LogP contribution in [0.2, 0.25) is 0 Å². The molecule has 1 heterocycles. The second-order valence-electron chi connectivity index (χ2n) is 9.13. The van der Waals surface area contributed by atoms with Gasteiger partial charge in [0, 0.05) is 53.7 Å². The molecule has 0 radical (unpaired) electrons. The molecule has 0 amide bonds. The Labute approximate surface area is 220 Å². The molecule has 0 aliphatic carbocycles. The van der Waals surface area contributed by atoms with Gasteiger partial charge in [-0.3, -0.25) is 0 Å². The molecule has 0 saturated heterocycles. The van der Waals surface area contributed by atoms with Gasteiger partial charge in [-0.25, -0.2) is 0 Å². The molecule has 0 atom stereocenters. The lowest BCUT2D eigenvalue weighted by Crippen LogP contribution is -2.10. The van der Waals surface area contributed by atoms with Crippen LogP contribution in [0.4, 0.5) is 28.4 Å². The van der Waals surface area contributed by atoms with Gasteiger partial charge in [0.25, 0.3) is 0 Å². The minimum absolute atomic E-state index is 1.09. The second-order valence-corrected chi connectivity index (χ2v) is 10.2. The molecule has 2 nitrogen and oxygen atoms in total. The lowest BCUT2D eigenvalue weighted by molar-refractivity contribution is 1.30. The summed E-state index contributed by atoms with van der Waals surface area (Å²) in [7, 11) is 0. The normalized spacial score (nSPS) is 11.2. The highest BCUT2D eigenvalue weighted by molar-refractivity contribution is 7.26. The first-order valence-electron chi connectivity index (χ1n) is 12.5. The fraction of sp³-hybridized carbons (Fsp3) is 0. The average molecular weight is 493 g/mol. The molecule has 3 heteroatoms. The minimum atomic E-state index is 1.09. The van der Waals surface area contributed by atoms with Crippen molar-refractivity contribution in [2.45, 2.75) is 0 Å². The number of benzene rings is 6. The lowest BCUT2D eigenvalue weighted by atomic mass is 10.0. The van der Waals surface area contributed by atoms with E-state index in [1.165, 1.54) is 36.6 Å². The number of hydrogen-bond acceptors (Lipinski definition) is 3. The van der Waals surface area contributed by atoms with E-state index in [1.54, 1.807) is 0 Å². The van der Waals surface area contributed by atoms with Crippen LogP contribution in [-0.2, 0) is 0 Å². The van der Waals surface area contributed by atoms with Crippen LogP contribution in [0.5, 0.6) is 0 Å². The molecule has 0 saturated carbocycles. The molecule has 0 bridgehead atoms. The van der Waals surface area contributed by atoms with Crippen LogP contribution in [0.1, 0.15) is 0 Å². The van der Waals surface area contributed by atoms with Gasteiger partial charge in [0.1, 0.15) is 0 Å². The van der Waals surface area contributed by atoms with Crippen molar-refractivity contribution in [2.24, 2.45) is 0 Å². The number of thiophene rings is 1. The first kappa shape index (κ1) is 21.7. The largest absolute Gasteiger partial charge is 0.356 e. The number of nitrogens with zero attached hydrogens (tertiary/aromatic N) is 1. The summed E-state index contributed by atoms with van der Waals surface area (Å²) in [5.41, 5.74) is 5.65. The Kier molecular flexibility index (Phi) is 5.34. The minimum Gasteiger partial charge on any atom is -0.356 e. The molecule has 0 spiro atoms. The monoisotopic (exact) mass is 492 g/mol. The SMILES string of the molecule is c1ccc(Nc2ccc3sc4c5ccccc5c(N(c5ccccc5)c5ccccc5)cc4c3c2)cc1. The smallest absolute Gasteiger partial charge is 0.0547 e. The lowest BCUT2D eigenvalue weighted by Gasteiger charge is -2.27. The number of rotatable bonds is 5. The summed E-state index contributed by atoms with van der Waals surface area (Å²) < 4.78 is 2.62. The van der Waals surface area contributed by atoms with Gasteiger partial charge in [0.05, 0.1) is 5.69 Å². The van der Waals surface area contributed by atoms with Crippen molar-refractivity contribution in [1.82, 2.24) is 0 Å². The Morgan fingerprint density at radius 3 is 1.73 bits per heavy atom. The van der Waals surface area contributed by atoms with Gasteiger partial charge < -0.3 is 10.2 Å². The molecule has 37 heavy (non-hydrogen) atoms. The third-order valence-electron chi connectivity index (χ3n) is 6.79. The number of para-hydroxylation sites is 3. The van der Waals surface area contributed by atoms with Crippen LogP contribution < -0.4 is 10.2 Å². The van der Waals surface area contributed by atoms with E-state index in [1.807, 2.05) is 17.4 Å². The topological polar surface area (TPSA) is 15.3 Å². The van der Waals surface area contributed by atoms with Crippen LogP contribution in [0.3, 0.4) is 0 Å². The fourth-order valence-electron chi connectivity index (χ4n) is 5.11. The maximum atomic E-state index is 3.57. The zero-order valence-electron chi connectivity index (χ0n) is 20.1. The molecular formula is C34H24N2S. The van der Waals surface area contributed by atoms with Crippen molar-refractivity contribution in [3.63, 3.8) is 0 Å². The predicted molar refractivity (Wildman–Crippen MR) is 161 cm³/mol. The van der Waals surface area contributed by atoms with Crippen molar-refractivity contribution in [3.05, 3.63) is 140 Å². The van der Waals surface area contributed by atoms with Gasteiger partial charge in [0.15, 0.2) is 0 Å². The zero-order chi connectivity index (χ0) is 24.6. The van der Waals surface area contributed by atoms with Gasteiger partial charge in [-0.1, -0.05) is 78.9 Å². The van der Waals surface area contributed by atoms with E-state index in [0.717, 1.165) is 22.7 Å². The summed E-state index contributed by atoms with van der Waals surface area (Å²) in [4.78, 5) is 2.37. The number of anilines is 5. The Balaban J connectivity index is 1.50. The number of fused-ring (bicyclic) bond motifs is 5. The molecule has 0 fully saturated rings. The Morgan fingerprint density at radius 1 is 0.459 bits per heavy atom. The number of hydrogen-bond donors (Lipinski definition) is 1. The van der Waals surface area contributed by atoms with Gasteiger partial charge >= 0.3 is 0 Å². The van der Waals surface area contributed by atoms with Gasteiger partial charge in [-0.15, -0.1) is 11.3 Å². The van der Waals surface area contributed by atoms with Crippen LogP contribution in [0.15, 0.2) is 140 Å². The highest BCUT2D eigenvalue weighted by Crippen LogP contribution is 2.46. The van der Waals surface area contributed by atoms with E-state index in [-0.39, 0.29) is 0 Å². The van der Waals surface area contributed by atoms with Crippen molar-refractivity contribution in [3.8, 4) is 0 Å². The quantitative estimate of drug-likeness (QED) is 0.257. The van der Waals surface area contributed by atoms with Crippen LogP contribution in [-0.4, -0.2) is 0 Å². The van der Waals surface area contributed by atoms with Gasteiger partial charge in [-0.2, -0.15) is 0 Å². The average Bonchev–Trinajstić information content (AvgIpc) is 3.33. The molecule has 176 valence electrons. The van der Waals surface area contributed by atoms with Crippen molar-refractivity contribution >= 4 is 70.7 Å². The van der Waals surface area contributed by atoms with Gasteiger partial charge in [0.2, 0.25) is 0 Å².